The number of carbonyl (C=O) groups excluding carboxylic acids is 2. The van der Waals surface area contributed by atoms with Gasteiger partial charge in [0.05, 0.1) is 13.1 Å². The van der Waals surface area contributed by atoms with Crippen LogP contribution < -0.4 is 5.32 Å². The van der Waals surface area contributed by atoms with Crippen LogP contribution in [0.25, 0.3) is 0 Å². The highest BCUT2D eigenvalue weighted by Crippen LogP contribution is 2.09. The van der Waals surface area contributed by atoms with E-state index in [-0.39, 0.29) is 30.7 Å². The predicted molar refractivity (Wildman–Crippen MR) is 100 cm³/mol. The standard InChI is InChI=1S/C20H24FN3O2/c1-15-7-9-18(10-8-15)22-19(25)13-23(2)14-20(26)24(3)12-16-5-4-6-17(21)11-16/h4-11H,12-14H2,1-3H3,(H,22,25). The van der Waals surface area contributed by atoms with E-state index < -0.39 is 0 Å². The van der Waals surface area contributed by atoms with Gasteiger partial charge in [-0.3, -0.25) is 14.5 Å². The first kappa shape index (κ1) is 19.6. The van der Waals surface area contributed by atoms with Crippen molar-refractivity contribution in [1.29, 1.82) is 0 Å². The summed E-state index contributed by atoms with van der Waals surface area (Å²) in [5.41, 5.74) is 2.57. The summed E-state index contributed by atoms with van der Waals surface area (Å²) in [6.07, 6.45) is 0. The summed E-state index contributed by atoms with van der Waals surface area (Å²) in [4.78, 5) is 27.5. The second-order valence-electron chi connectivity index (χ2n) is 6.47. The molecule has 2 rings (SSSR count). The number of carbonyl (C=O) groups is 2. The van der Waals surface area contributed by atoms with E-state index >= 15 is 0 Å². The van der Waals surface area contributed by atoms with Crippen LogP contribution in [0, 0.1) is 12.7 Å². The molecule has 2 aromatic carbocycles. The maximum Gasteiger partial charge on any atom is 0.238 e. The molecule has 6 heteroatoms. The third kappa shape index (κ3) is 6.29. The molecule has 0 unspecified atom stereocenters. The zero-order valence-corrected chi connectivity index (χ0v) is 15.3. The van der Waals surface area contributed by atoms with Crippen molar-refractivity contribution in [2.45, 2.75) is 13.5 Å². The summed E-state index contributed by atoms with van der Waals surface area (Å²) in [5.74, 6) is -0.648. The molecule has 26 heavy (non-hydrogen) atoms. The molecular weight excluding hydrogens is 333 g/mol. The molecule has 0 aliphatic rings. The van der Waals surface area contributed by atoms with Crippen LogP contribution in [0.4, 0.5) is 10.1 Å². The van der Waals surface area contributed by atoms with E-state index in [1.165, 1.54) is 17.0 Å². The van der Waals surface area contributed by atoms with Gasteiger partial charge in [0.2, 0.25) is 11.8 Å². The minimum Gasteiger partial charge on any atom is -0.340 e. The summed E-state index contributed by atoms with van der Waals surface area (Å²) < 4.78 is 13.2. The Kier molecular flexibility index (Phi) is 6.86. The highest BCUT2D eigenvalue weighted by Gasteiger charge is 2.14. The number of benzene rings is 2. The molecule has 2 aromatic rings. The summed E-state index contributed by atoms with van der Waals surface area (Å²) in [6.45, 7) is 2.51. The van der Waals surface area contributed by atoms with Crippen LogP contribution in [0.3, 0.4) is 0 Å². The van der Waals surface area contributed by atoms with Gasteiger partial charge in [0, 0.05) is 19.3 Å². The Morgan fingerprint density at radius 3 is 2.38 bits per heavy atom. The van der Waals surface area contributed by atoms with E-state index in [9.17, 15) is 14.0 Å². The van der Waals surface area contributed by atoms with Crippen LogP contribution in [0.5, 0.6) is 0 Å². The summed E-state index contributed by atoms with van der Waals surface area (Å²) in [7, 11) is 3.37. The van der Waals surface area contributed by atoms with Gasteiger partial charge in [0.25, 0.3) is 0 Å². The number of amides is 2. The van der Waals surface area contributed by atoms with Crippen LogP contribution in [0.1, 0.15) is 11.1 Å². The number of likely N-dealkylation sites (N-methyl/N-ethyl adjacent to an activating group) is 2. The number of nitrogens with one attached hydrogen (secondary N) is 1. The van der Waals surface area contributed by atoms with Crippen molar-refractivity contribution in [3.8, 4) is 0 Å². The maximum atomic E-state index is 13.2. The number of nitrogens with zero attached hydrogens (tertiary/aromatic N) is 2. The molecular formula is C20H24FN3O2. The first-order valence-corrected chi connectivity index (χ1v) is 8.37. The van der Waals surface area contributed by atoms with Crippen LogP contribution >= 0.6 is 0 Å². The van der Waals surface area contributed by atoms with Crippen molar-refractivity contribution in [3.63, 3.8) is 0 Å². The van der Waals surface area contributed by atoms with Crippen LogP contribution in [-0.4, -0.2) is 48.8 Å². The Bertz CT molecular complexity index is 762. The Morgan fingerprint density at radius 1 is 1.04 bits per heavy atom. The second kappa shape index (κ2) is 9.10. The topological polar surface area (TPSA) is 52.7 Å². The van der Waals surface area contributed by atoms with Crippen molar-refractivity contribution < 1.29 is 14.0 Å². The van der Waals surface area contributed by atoms with Gasteiger partial charge in [-0.25, -0.2) is 4.39 Å². The lowest BCUT2D eigenvalue weighted by Crippen LogP contribution is -2.39. The van der Waals surface area contributed by atoms with Crippen LogP contribution in [0.2, 0.25) is 0 Å². The summed E-state index contributed by atoms with van der Waals surface area (Å²) in [6, 6.07) is 13.7. The normalized spacial score (nSPS) is 10.7. The van der Waals surface area contributed by atoms with E-state index in [1.807, 2.05) is 31.2 Å². The number of rotatable bonds is 7. The van der Waals surface area contributed by atoms with Crippen LogP contribution in [0.15, 0.2) is 48.5 Å². The molecule has 0 aliphatic carbocycles. The predicted octanol–water partition coefficient (Wildman–Crippen LogP) is 2.66. The molecule has 0 fully saturated rings. The second-order valence-corrected chi connectivity index (χ2v) is 6.47. The number of anilines is 1. The van der Waals surface area contributed by atoms with Gasteiger partial charge in [0.1, 0.15) is 5.82 Å². The van der Waals surface area contributed by atoms with E-state index in [4.69, 9.17) is 0 Å². The molecule has 0 aliphatic heterocycles. The fourth-order valence-electron chi connectivity index (χ4n) is 2.49. The smallest absolute Gasteiger partial charge is 0.238 e. The molecule has 0 radical (unpaired) electrons. The van der Waals surface area contributed by atoms with Crippen molar-refractivity contribution in [2.24, 2.45) is 0 Å². The van der Waals surface area contributed by atoms with Crippen molar-refractivity contribution in [2.75, 3.05) is 32.5 Å². The van der Waals surface area contributed by atoms with Gasteiger partial charge in [-0.15, -0.1) is 0 Å². The molecule has 0 spiro atoms. The molecule has 0 saturated heterocycles. The maximum absolute atomic E-state index is 13.2. The molecule has 0 saturated carbocycles. The Hall–Kier alpha value is -2.73. The minimum atomic E-state index is -0.326. The Labute approximate surface area is 153 Å². The molecule has 1 N–H and O–H groups in total. The lowest BCUT2D eigenvalue weighted by molar-refractivity contribution is -0.131. The van der Waals surface area contributed by atoms with Crippen LogP contribution in [-0.2, 0) is 16.1 Å². The number of hydrogen-bond acceptors (Lipinski definition) is 3. The van der Waals surface area contributed by atoms with Crippen molar-refractivity contribution in [1.82, 2.24) is 9.80 Å². The van der Waals surface area contributed by atoms with E-state index in [2.05, 4.69) is 5.32 Å². The molecule has 0 bridgehead atoms. The summed E-state index contributed by atoms with van der Waals surface area (Å²) >= 11 is 0. The monoisotopic (exact) mass is 357 g/mol. The lowest BCUT2D eigenvalue weighted by Gasteiger charge is -2.21. The average molecular weight is 357 g/mol. The molecule has 0 heterocycles. The highest BCUT2D eigenvalue weighted by molar-refractivity contribution is 5.92. The van der Waals surface area contributed by atoms with E-state index in [1.54, 1.807) is 31.1 Å². The van der Waals surface area contributed by atoms with Gasteiger partial charge >= 0.3 is 0 Å². The fraction of sp³-hybridized carbons (Fsp3) is 0.300. The quantitative estimate of drug-likeness (QED) is 0.829. The Morgan fingerprint density at radius 2 is 1.73 bits per heavy atom. The van der Waals surface area contributed by atoms with E-state index in [0.717, 1.165) is 16.8 Å². The van der Waals surface area contributed by atoms with Crippen molar-refractivity contribution in [3.05, 3.63) is 65.5 Å². The zero-order chi connectivity index (χ0) is 19.1. The highest BCUT2D eigenvalue weighted by atomic mass is 19.1. The summed E-state index contributed by atoms with van der Waals surface area (Å²) in [5, 5.41) is 2.80. The number of hydrogen-bond donors (Lipinski definition) is 1. The third-order valence-corrected chi connectivity index (χ3v) is 3.89. The minimum absolute atomic E-state index is 0.104. The first-order chi connectivity index (χ1) is 12.3. The molecule has 0 atom stereocenters. The average Bonchev–Trinajstić information content (AvgIpc) is 2.56. The van der Waals surface area contributed by atoms with Gasteiger partial charge in [-0.1, -0.05) is 29.8 Å². The zero-order valence-electron chi connectivity index (χ0n) is 15.3. The van der Waals surface area contributed by atoms with Gasteiger partial charge in [-0.2, -0.15) is 0 Å². The number of aryl methyl sites for hydroxylation is 1. The molecule has 0 aromatic heterocycles. The first-order valence-electron chi connectivity index (χ1n) is 8.37. The van der Waals surface area contributed by atoms with E-state index in [0.29, 0.717) is 6.54 Å². The van der Waals surface area contributed by atoms with Gasteiger partial charge in [-0.05, 0) is 43.8 Å². The largest absolute Gasteiger partial charge is 0.340 e. The van der Waals surface area contributed by atoms with Gasteiger partial charge < -0.3 is 10.2 Å². The van der Waals surface area contributed by atoms with Crippen molar-refractivity contribution >= 4 is 17.5 Å². The lowest BCUT2D eigenvalue weighted by atomic mass is 10.2. The molecule has 5 nitrogen and oxygen atoms in total. The third-order valence-electron chi connectivity index (χ3n) is 3.89. The van der Waals surface area contributed by atoms with Gasteiger partial charge in [0.15, 0.2) is 0 Å². The SMILES string of the molecule is Cc1ccc(NC(=O)CN(C)CC(=O)N(C)Cc2cccc(F)c2)cc1. The molecule has 138 valence electrons. The number of halogens is 1. The molecule has 2 amide bonds. The Balaban J connectivity index is 1.80. The fourth-order valence-corrected chi connectivity index (χ4v) is 2.49.